The van der Waals surface area contributed by atoms with Crippen LogP contribution in [0.25, 0.3) is 0 Å². The third-order valence-corrected chi connectivity index (χ3v) is 0.874. The molecule has 0 heterocycles. The van der Waals surface area contributed by atoms with Gasteiger partial charge in [-0.25, -0.2) is 0 Å². The van der Waals surface area contributed by atoms with Crippen molar-refractivity contribution in [3.63, 3.8) is 0 Å². The van der Waals surface area contributed by atoms with Gasteiger partial charge in [0.2, 0.25) is 0 Å². The highest BCUT2D eigenvalue weighted by Gasteiger charge is 1.97. The van der Waals surface area contributed by atoms with Gasteiger partial charge in [-0.15, -0.1) is 11.8 Å². The first kappa shape index (κ1) is 8.48. The van der Waals surface area contributed by atoms with Crippen LogP contribution in [0.15, 0.2) is 0 Å². The predicted octanol–water partition coefficient (Wildman–Crippen LogP) is 0.407. The van der Waals surface area contributed by atoms with Crippen LogP contribution in [-0.4, -0.2) is 24.9 Å². The first-order valence-corrected chi connectivity index (χ1v) is 2.88. The highest BCUT2D eigenvalue weighted by molar-refractivity contribution is 4.96. The largest absolute Gasteiger partial charge is 0.390 e. The van der Waals surface area contributed by atoms with Crippen molar-refractivity contribution in [2.45, 2.75) is 19.4 Å². The summed E-state index contributed by atoms with van der Waals surface area (Å²) in [6.07, 6.45) is 0.0760. The average molecular weight is 128 g/mol. The molecule has 0 spiro atoms. The van der Waals surface area contributed by atoms with Gasteiger partial charge in [0.25, 0.3) is 0 Å². The van der Waals surface area contributed by atoms with E-state index in [0.29, 0.717) is 13.0 Å². The van der Waals surface area contributed by atoms with Gasteiger partial charge in [0.05, 0.1) is 12.7 Å². The zero-order valence-electron chi connectivity index (χ0n) is 5.85. The van der Waals surface area contributed by atoms with Gasteiger partial charge in [-0.3, -0.25) is 0 Å². The zero-order chi connectivity index (χ0) is 7.11. The fraction of sp³-hybridized carbons (Fsp3) is 0.714. The molecule has 1 N–H and O–H groups in total. The number of methoxy groups -OCH3 is 1. The van der Waals surface area contributed by atoms with Gasteiger partial charge in [-0.05, 0) is 6.92 Å². The van der Waals surface area contributed by atoms with Crippen LogP contribution in [0.5, 0.6) is 0 Å². The third-order valence-electron chi connectivity index (χ3n) is 0.874. The summed E-state index contributed by atoms with van der Waals surface area (Å²) in [6, 6.07) is 0. The molecule has 1 atom stereocenters. The number of aliphatic hydroxyl groups is 1. The lowest BCUT2D eigenvalue weighted by molar-refractivity contribution is 0.0680. The second kappa shape index (κ2) is 5.61. The highest BCUT2D eigenvalue weighted by atomic mass is 16.5. The van der Waals surface area contributed by atoms with E-state index in [2.05, 4.69) is 16.6 Å². The van der Waals surface area contributed by atoms with Gasteiger partial charge < -0.3 is 9.84 Å². The number of hydrogen-bond donors (Lipinski definition) is 1. The maximum absolute atomic E-state index is 8.95. The lowest BCUT2D eigenvalue weighted by atomic mass is 10.3. The van der Waals surface area contributed by atoms with E-state index in [1.165, 1.54) is 0 Å². The van der Waals surface area contributed by atoms with E-state index >= 15 is 0 Å². The van der Waals surface area contributed by atoms with Crippen molar-refractivity contribution >= 4 is 0 Å². The molecule has 52 valence electrons. The van der Waals surface area contributed by atoms with E-state index in [9.17, 15) is 0 Å². The Morgan fingerprint density at radius 2 is 2.33 bits per heavy atom. The van der Waals surface area contributed by atoms with E-state index in [0.717, 1.165) is 0 Å². The maximum atomic E-state index is 8.95. The van der Waals surface area contributed by atoms with Crippen LogP contribution < -0.4 is 0 Å². The van der Waals surface area contributed by atoms with Crippen LogP contribution in [0, 0.1) is 11.8 Å². The Kier molecular flexibility index (Phi) is 5.29. The van der Waals surface area contributed by atoms with Crippen molar-refractivity contribution in [3.8, 4) is 11.8 Å². The minimum Gasteiger partial charge on any atom is -0.390 e. The van der Waals surface area contributed by atoms with E-state index < -0.39 is 6.10 Å². The summed E-state index contributed by atoms with van der Waals surface area (Å²) < 4.78 is 4.68. The monoisotopic (exact) mass is 128 g/mol. The van der Waals surface area contributed by atoms with Crippen molar-refractivity contribution in [1.82, 2.24) is 0 Å². The topological polar surface area (TPSA) is 29.5 Å². The van der Waals surface area contributed by atoms with Crippen molar-refractivity contribution in [1.29, 1.82) is 0 Å². The molecule has 0 aromatic heterocycles. The Labute approximate surface area is 55.8 Å². The molecule has 0 bridgehead atoms. The molecule has 0 aliphatic heterocycles. The lowest BCUT2D eigenvalue weighted by Crippen LogP contribution is -2.12. The molecule has 2 heteroatoms. The van der Waals surface area contributed by atoms with E-state index in [-0.39, 0.29) is 0 Å². The van der Waals surface area contributed by atoms with Gasteiger partial charge >= 0.3 is 0 Å². The summed E-state index contributed by atoms with van der Waals surface area (Å²) >= 11 is 0. The molecule has 0 saturated heterocycles. The smallest absolute Gasteiger partial charge is 0.0882 e. The second-order valence-electron chi connectivity index (χ2n) is 1.74. The number of hydrogen-bond acceptors (Lipinski definition) is 2. The molecular weight excluding hydrogens is 116 g/mol. The molecule has 0 radical (unpaired) electrons. The summed E-state index contributed by atoms with van der Waals surface area (Å²) in [6.45, 7) is 2.12. The van der Waals surface area contributed by atoms with E-state index in [1.54, 1.807) is 14.0 Å². The van der Waals surface area contributed by atoms with Gasteiger partial charge in [-0.1, -0.05) is 0 Å². The SMILES string of the molecule is CC#CC[C@H](O)COC. The van der Waals surface area contributed by atoms with Gasteiger partial charge in [-0.2, -0.15) is 0 Å². The zero-order valence-corrected chi connectivity index (χ0v) is 5.85. The van der Waals surface area contributed by atoms with Crippen molar-refractivity contribution in [2.75, 3.05) is 13.7 Å². The molecule has 0 amide bonds. The molecule has 0 aromatic rings. The second-order valence-corrected chi connectivity index (χ2v) is 1.74. The van der Waals surface area contributed by atoms with Crippen LogP contribution in [0.1, 0.15) is 13.3 Å². The van der Waals surface area contributed by atoms with Crippen molar-refractivity contribution < 1.29 is 9.84 Å². The predicted molar refractivity (Wildman–Crippen MR) is 35.9 cm³/mol. The van der Waals surface area contributed by atoms with Crippen LogP contribution in [0.4, 0.5) is 0 Å². The van der Waals surface area contributed by atoms with E-state index in [1.807, 2.05) is 0 Å². The average Bonchev–Trinajstić information content (AvgIpc) is 1.85. The van der Waals surface area contributed by atoms with Gasteiger partial charge in [0.15, 0.2) is 0 Å². The fourth-order valence-electron chi connectivity index (χ4n) is 0.471. The first-order valence-electron chi connectivity index (χ1n) is 2.88. The molecule has 0 aromatic carbocycles. The lowest BCUT2D eigenvalue weighted by Gasteiger charge is -2.02. The Hall–Kier alpha value is -0.520. The first-order chi connectivity index (χ1) is 4.31. The van der Waals surface area contributed by atoms with Gasteiger partial charge in [0, 0.05) is 13.5 Å². The Morgan fingerprint density at radius 3 is 2.78 bits per heavy atom. The summed E-state index contributed by atoms with van der Waals surface area (Å²) in [5, 5.41) is 8.95. The molecule has 9 heavy (non-hydrogen) atoms. The number of aliphatic hydroxyl groups excluding tert-OH is 1. The molecule has 0 aliphatic carbocycles. The van der Waals surface area contributed by atoms with Crippen LogP contribution in [-0.2, 0) is 4.74 Å². The Balaban J connectivity index is 3.22. The molecule has 0 saturated carbocycles. The molecule has 0 rings (SSSR count). The quantitative estimate of drug-likeness (QED) is 0.558. The minimum atomic E-state index is -0.428. The number of rotatable bonds is 3. The Morgan fingerprint density at radius 1 is 1.67 bits per heavy atom. The van der Waals surface area contributed by atoms with Crippen molar-refractivity contribution in [3.05, 3.63) is 0 Å². The van der Waals surface area contributed by atoms with Crippen molar-refractivity contribution in [2.24, 2.45) is 0 Å². The number of ether oxygens (including phenoxy) is 1. The molecular formula is C7H12O2. The normalized spacial score (nSPS) is 11.9. The summed E-state index contributed by atoms with van der Waals surface area (Å²) in [5.74, 6) is 5.44. The van der Waals surface area contributed by atoms with Crippen LogP contribution >= 0.6 is 0 Å². The summed E-state index contributed by atoms with van der Waals surface area (Å²) in [5.41, 5.74) is 0. The van der Waals surface area contributed by atoms with Crippen LogP contribution in [0.2, 0.25) is 0 Å². The standard InChI is InChI=1S/C7H12O2/c1-3-4-5-7(8)6-9-2/h7-8H,5-6H2,1-2H3/t7-/m0/s1. The molecule has 2 nitrogen and oxygen atoms in total. The Bertz CT molecular complexity index is 110. The van der Waals surface area contributed by atoms with Gasteiger partial charge in [0.1, 0.15) is 0 Å². The molecule has 0 aliphatic rings. The highest BCUT2D eigenvalue weighted by Crippen LogP contribution is 1.88. The van der Waals surface area contributed by atoms with Crippen LogP contribution in [0.3, 0.4) is 0 Å². The minimum absolute atomic E-state index is 0.370. The third kappa shape index (κ3) is 5.35. The summed E-state index contributed by atoms with van der Waals surface area (Å²) in [7, 11) is 1.56. The van der Waals surface area contributed by atoms with E-state index in [4.69, 9.17) is 5.11 Å². The molecule has 0 unspecified atom stereocenters. The maximum Gasteiger partial charge on any atom is 0.0882 e. The molecule has 0 fully saturated rings. The summed E-state index contributed by atoms with van der Waals surface area (Å²) in [4.78, 5) is 0. The fourth-order valence-corrected chi connectivity index (χ4v) is 0.471.